The van der Waals surface area contributed by atoms with Crippen LogP contribution in [0.4, 0.5) is 5.69 Å². The predicted molar refractivity (Wildman–Crippen MR) is 75.1 cm³/mol. The molecule has 0 aliphatic carbocycles. The topological polar surface area (TPSA) is 33.5 Å². The highest BCUT2D eigenvalue weighted by Crippen LogP contribution is 2.23. The second-order valence-corrected chi connectivity index (χ2v) is 5.04. The van der Waals surface area contributed by atoms with Crippen LogP contribution in [0, 0.1) is 13.8 Å². The first-order valence-electron chi connectivity index (χ1n) is 5.59. The SMILES string of the molecule is Cc1ccc(N(C)C(=O)c2ccc(Br)o2)c(C)c1. The van der Waals surface area contributed by atoms with E-state index >= 15 is 0 Å². The Morgan fingerprint density at radius 1 is 1.22 bits per heavy atom. The number of furan rings is 1. The number of hydrogen-bond donors (Lipinski definition) is 0. The highest BCUT2D eigenvalue weighted by atomic mass is 79.9. The van der Waals surface area contributed by atoms with Crippen molar-refractivity contribution in [1.82, 2.24) is 0 Å². The van der Waals surface area contributed by atoms with Crippen molar-refractivity contribution >= 4 is 27.5 Å². The van der Waals surface area contributed by atoms with E-state index in [9.17, 15) is 4.79 Å². The molecule has 18 heavy (non-hydrogen) atoms. The van der Waals surface area contributed by atoms with Gasteiger partial charge in [0, 0.05) is 12.7 Å². The van der Waals surface area contributed by atoms with Gasteiger partial charge in [-0.25, -0.2) is 0 Å². The van der Waals surface area contributed by atoms with Crippen LogP contribution in [0.15, 0.2) is 39.4 Å². The Hall–Kier alpha value is -1.55. The zero-order chi connectivity index (χ0) is 13.3. The van der Waals surface area contributed by atoms with Crippen molar-refractivity contribution < 1.29 is 9.21 Å². The number of carbonyl (C=O) groups excluding carboxylic acids is 1. The molecule has 4 heteroatoms. The standard InChI is InChI=1S/C14H14BrNO2/c1-9-4-5-11(10(2)8-9)16(3)14(17)12-6-7-13(15)18-12/h4-8H,1-3H3. The second-order valence-electron chi connectivity index (χ2n) is 4.26. The number of anilines is 1. The zero-order valence-corrected chi connectivity index (χ0v) is 12.1. The van der Waals surface area contributed by atoms with Crippen LogP contribution in [0.5, 0.6) is 0 Å². The molecular formula is C14H14BrNO2. The average molecular weight is 308 g/mol. The van der Waals surface area contributed by atoms with Gasteiger partial charge in [0.1, 0.15) is 0 Å². The maximum absolute atomic E-state index is 12.2. The van der Waals surface area contributed by atoms with Crippen LogP contribution in [-0.4, -0.2) is 13.0 Å². The molecule has 0 unspecified atom stereocenters. The van der Waals surface area contributed by atoms with Gasteiger partial charge in [0.15, 0.2) is 10.4 Å². The summed E-state index contributed by atoms with van der Waals surface area (Å²) >= 11 is 3.19. The lowest BCUT2D eigenvalue weighted by Crippen LogP contribution is -2.26. The number of rotatable bonds is 2. The minimum atomic E-state index is -0.160. The average Bonchev–Trinajstić information content (AvgIpc) is 2.74. The van der Waals surface area contributed by atoms with Crippen LogP contribution in [0.25, 0.3) is 0 Å². The molecule has 0 spiro atoms. The van der Waals surface area contributed by atoms with Crippen molar-refractivity contribution in [2.24, 2.45) is 0 Å². The summed E-state index contributed by atoms with van der Waals surface area (Å²) in [6, 6.07) is 9.36. The smallest absolute Gasteiger partial charge is 0.293 e. The van der Waals surface area contributed by atoms with E-state index in [1.54, 1.807) is 24.1 Å². The van der Waals surface area contributed by atoms with E-state index in [0.29, 0.717) is 10.4 Å². The molecule has 1 amide bonds. The van der Waals surface area contributed by atoms with Crippen molar-refractivity contribution in [3.63, 3.8) is 0 Å². The minimum Gasteiger partial charge on any atom is -0.444 e. The van der Waals surface area contributed by atoms with Crippen molar-refractivity contribution in [3.8, 4) is 0 Å². The third kappa shape index (κ3) is 2.48. The van der Waals surface area contributed by atoms with E-state index in [0.717, 1.165) is 11.3 Å². The molecule has 94 valence electrons. The molecule has 0 N–H and O–H groups in total. The van der Waals surface area contributed by atoms with Gasteiger partial charge in [-0.3, -0.25) is 4.79 Å². The maximum Gasteiger partial charge on any atom is 0.293 e. The normalized spacial score (nSPS) is 10.4. The summed E-state index contributed by atoms with van der Waals surface area (Å²) in [7, 11) is 1.75. The molecule has 1 aromatic carbocycles. The Balaban J connectivity index is 2.31. The lowest BCUT2D eigenvalue weighted by molar-refractivity contribution is 0.0965. The second kappa shape index (κ2) is 4.98. The number of nitrogens with zero attached hydrogens (tertiary/aromatic N) is 1. The van der Waals surface area contributed by atoms with E-state index in [1.165, 1.54) is 5.56 Å². The van der Waals surface area contributed by atoms with Gasteiger partial charge in [0.25, 0.3) is 5.91 Å². The summed E-state index contributed by atoms with van der Waals surface area (Å²) in [5, 5.41) is 0. The fourth-order valence-electron chi connectivity index (χ4n) is 1.89. The molecule has 0 aliphatic heterocycles. The molecular weight excluding hydrogens is 294 g/mol. The van der Waals surface area contributed by atoms with Crippen LogP contribution in [0.3, 0.4) is 0 Å². The molecule has 0 aliphatic rings. The van der Waals surface area contributed by atoms with E-state index < -0.39 is 0 Å². The lowest BCUT2D eigenvalue weighted by Gasteiger charge is -2.18. The van der Waals surface area contributed by atoms with Crippen LogP contribution in [0.1, 0.15) is 21.7 Å². The molecule has 1 aromatic heterocycles. The highest BCUT2D eigenvalue weighted by Gasteiger charge is 2.18. The molecule has 0 bridgehead atoms. The Bertz CT molecular complexity index is 589. The van der Waals surface area contributed by atoms with Gasteiger partial charge in [0.2, 0.25) is 0 Å². The number of hydrogen-bond acceptors (Lipinski definition) is 2. The van der Waals surface area contributed by atoms with Crippen molar-refractivity contribution in [2.45, 2.75) is 13.8 Å². The van der Waals surface area contributed by atoms with E-state index in [4.69, 9.17) is 4.42 Å². The predicted octanol–water partition coefficient (Wildman–Crippen LogP) is 3.94. The lowest BCUT2D eigenvalue weighted by atomic mass is 10.1. The van der Waals surface area contributed by atoms with Crippen LogP contribution >= 0.6 is 15.9 Å². The molecule has 0 fully saturated rings. The minimum absolute atomic E-state index is 0.160. The van der Waals surface area contributed by atoms with Crippen molar-refractivity contribution in [3.05, 3.63) is 51.9 Å². The summed E-state index contributed by atoms with van der Waals surface area (Å²) in [5.74, 6) is 0.164. The molecule has 2 rings (SSSR count). The number of aryl methyl sites for hydroxylation is 2. The Labute approximate surface area is 115 Å². The molecule has 0 atom stereocenters. The van der Waals surface area contributed by atoms with Gasteiger partial charge in [-0.15, -0.1) is 0 Å². The molecule has 0 saturated heterocycles. The van der Waals surface area contributed by atoms with Crippen molar-refractivity contribution in [2.75, 3.05) is 11.9 Å². The molecule has 0 saturated carbocycles. The van der Waals surface area contributed by atoms with Gasteiger partial charge in [-0.05, 0) is 53.5 Å². The van der Waals surface area contributed by atoms with E-state index in [1.807, 2.05) is 26.0 Å². The summed E-state index contributed by atoms with van der Waals surface area (Å²) in [6.45, 7) is 4.02. The van der Waals surface area contributed by atoms with Gasteiger partial charge < -0.3 is 9.32 Å². The first-order valence-corrected chi connectivity index (χ1v) is 6.39. The van der Waals surface area contributed by atoms with Crippen LogP contribution < -0.4 is 4.90 Å². The molecule has 0 radical (unpaired) electrons. The summed E-state index contributed by atoms with van der Waals surface area (Å²) in [6.07, 6.45) is 0. The van der Waals surface area contributed by atoms with Gasteiger partial charge >= 0.3 is 0 Å². The zero-order valence-electron chi connectivity index (χ0n) is 10.5. The third-order valence-electron chi connectivity index (χ3n) is 2.80. The number of amides is 1. The quantitative estimate of drug-likeness (QED) is 0.842. The first-order chi connectivity index (χ1) is 8.49. The monoisotopic (exact) mass is 307 g/mol. The number of carbonyl (C=O) groups is 1. The first kappa shape index (κ1) is 12.9. The number of benzene rings is 1. The highest BCUT2D eigenvalue weighted by molar-refractivity contribution is 9.10. The Morgan fingerprint density at radius 3 is 2.50 bits per heavy atom. The van der Waals surface area contributed by atoms with Crippen molar-refractivity contribution in [1.29, 1.82) is 0 Å². The van der Waals surface area contributed by atoms with Crippen LogP contribution in [0.2, 0.25) is 0 Å². The van der Waals surface area contributed by atoms with Gasteiger partial charge in [-0.1, -0.05) is 17.7 Å². The van der Waals surface area contributed by atoms with Gasteiger partial charge in [-0.2, -0.15) is 0 Å². The van der Waals surface area contributed by atoms with E-state index in [2.05, 4.69) is 22.0 Å². The molecule has 3 nitrogen and oxygen atoms in total. The molecule has 1 heterocycles. The molecule has 2 aromatic rings. The Morgan fingerprint density at radius 2 is 1.94 bits per heavy atom. The van der Waals surface area contributed by atoms with Gasteiger partial charge in [0.05, 0.1) is 0 Å². The summed E-state index contributed by atoms with van der Waals surface area (Å²) in [4.78, 5) is 13.8. The largest absolute Gasteiger partial charge is 0.444 e. The summed E-state index contributed by atoms with van der Waals surface area (Å²) in [5.41, 5.74) is 3.13. The summed E-state index contributed by atoms with van der Waals surface area (Å²) < 4.78 is 5.83. The fraction of sp³-hybridized carbons (Fsp3) is 0.214. The Kier molecular flexibility index (Phi) is 3.57. The van der Waals surface area contributed by atoms with E-state index in [-0.39, 0.29) is 5.91 Å². The number of halogens is 1. The van der Waals surface area contributed by atoms with Crippen LogP contribution in [-0.2, 0) is 0 Å². The maximum atomic E-state index is 12.2. The fourth-order valence-corrected chi connectivity index (χ4v) is 2.19. The third-order valence-corrected chi connectivity index (χ3v) is 3.23.